The third-order valence-electron chi connectivity index (χ3n) is 5.27. The fourth-order valence-electron chi connectivity index (χ4n) is 3.62. The minimum Gasteiger partial charge on any atom is -0.319 e. The molecule has 1 amide bonds. The van der Waals surface area contributed by atoms with Gasteiger partial charge in [-0.25, -0.2) is 8.42 Å². The van der Waals surface area contributed by atoms with Crippen LogP contribution in [0.3, 0.4) is 0 Å². The van der Waals surface area contributed by atoms with E-state index in [1.54, 1.807) is 16.4 Å². The van der Waals surface area contributed by atoms with Crippen molar-refractivity contribution in [2.45, 2.75) is 24.7 Å². The maximum atomic E-state index is 12.9. The summed E-state index contributed by atoms with van der Waals surface area (Å²) in [5.41, 5.74) is 1.38. The number of benzene rings is 2. The summed E-state index contributed by atoms with van der Waals surface area (Å²) in [6.07, 6.45) is 1.93. The Hall–Kier alpha value is -2.29. The molecular formula is C21H23N3O3S2. The Bertz CT molecular complexity index is 1220. The van der Waals surface area contributed by atoms with Crippen LogP contribution in [0.2, 0.25) is 0 Å². The first kappa shape index (κ1) is 20.0. The van der Waals surface area contributed by atoms with Crippen LogP contribution in [-0.2, 0) is 17.1 Å². The number of carbonyl (C=O) groups excluding carboxylic acids is 1. The zero-order valence-electron chi connectivity index (χ0n) is 16.4. The number of hydrogen-bond donors (Lipinski definition) is 0. The molecule has 1 aliphatic heterocycles. The second kappa shape index (κ2) is 7.85. The van der Waals surface area contributed by atoms with E-state index in [1.165, 1.54) is 23.5 Å². The Balaban J connectivity index is 1.60. The van der Waals surface area contributed by atoms with E-state index in [-0.39, 0.29) is 10.8 Å². The van der Waals surface area contributed by atoms with Crippen LogP contribution in [-0.4, -0.2) is 36.3 Å². The summed E-state index contributed by atoms with van der Waals surface area (Å²) in [6.45, 7) is 3.16. The summed E-state index contributed by atoms with van der Waals surface area (Å²) in [5, 5.41) is 0. The quantitative estimate of drug-likeness (QED) is 0.641. The Morgan fingerprint density at radius 3 is 2.55 bits per heavy atom. The SMILES string of the molecule is CC1CCCN(S(=O)(=O)c2ccc(C(=O)N=c3sc4ccccc4n3C)cc2)C1. The number of sulfonamides is 1. The van der Waals surface area contributed by atoms with Crippen LogP contribution in [0.5, 0.6) is 0 Å². The lowest BCUT2D eigenvalue weighted by Gasteiger charge is -2.30. The molecule has 0 radical (unpaired) electrons. The molecular weight excluding hydrogens is 406 g/mol. The molecule has 0 saturated carbocycles. The van der Waals surface area contributed by atoms with Gasteiger partial charge in [0.2, 0.25) is 10.0 Å². The predicted molar refractivity (Wildman–Crippen MR) is 114 cm³/mol. The monoisotopic (exact) mass is 429 g/mol. The maximum Gasteiger partial charge on any atom is 0.279 e. The highest BCUT2D eigenvalue weighted by molar-refractivity contribution is 7.89. The molecule has 1 aliphatic rings. The molecule has 1 atom stereocenters. The van der Waals surface area contributed by atoms with Crippen molar-refractivity contribution in [1.29, 1.82) is 0 Å². The summed E-state index contributed by atoms with van der Waals surface area (Å²) < 4.78 is 30.2. The highest BCUT2D eigenvalue weighted by Crippen LogP contribution is 2.24. The lowest BCUT2D eigenvalue weighted by Crippen LogP contribution is -2.39. The van der Waals surface area contributed by atoms with Crippen LogP contribution >= 0.6 is 11.3 Å². The molecule has 0 N–H and O–H groups in total. The second-order valence-corrected chi connectivity index (χ2v) is 10.4. The molecule has 0 aliphatic carbocycles. The van der Waals surface area contributed by atoms with E-state index >= 15 is 0 Å². The van der Waals surface area contributed by atoms with E-state index in [4.69, 9.17) is 0 Å². The van der Waals surface area contributed by atoms with Crippen molar-refractivity contribution < 1.29 is 13.2 Å². The minimum absolute atomic E-state index is 0.218. The molecule has 0 bridgehead atoms. The number of thiazole rings is 1. The highest BCUT2D eigenvalue weighted by Gasteiger charge is 2.28. The number of hydrogen-bond acceptors (Lipinski definition) is 4. The Morgan fingerprint density at radius 1 is 1.14 bits per heavy atom. The molecule has 8 heteroatoms. The van der Waals surface area contributed by atoms with E-state index in [1.807, 2.05) is 35.9 Å². The zero-order chi connectivity index (χ0) is 20.6. The fourth-order valence-corrected chi connectivity index (χ4v) is 6.24. The molecule has 152 valence electrons. The van der Waals surface area contributed by atoms with Gasteiger partial charge >= 0.3 is 0 Å². The third-order valence-corrected chi connectivity index (χ3v) is 8.26. The Kier molecular flexibility index (Phi) is 5.42. The van der Waals surface area contributed by atoms with Crippen molar-refractivity contribution in [3.8, 4) is 0 Å². The van der Waals surface area contributed by atoms with E-state index in [0.717, 1.165) is 23.1 Å². The standard InChI is InChI=1S/C21H23N3O3S2/c1-15-6-5-13-24(14-15)29(26,27)17-11-9-16(10-12-17)20(25)22-21-23(2)18-7-3-4-8-19(18)28-21/h3-4,7-12,15H,5-6,13-14H2,1-2H3. The van der Waals surface area contributed by atoms with Crippen LogP contribution in [0.15, 0.2) is 58.4 Å². The third kappa shape index (κ3) is 3.92. The molecule has 2 aromatic carbocycles. The zero-order valence-corrected chi connectivity index (χ0v) is 18.0. The van der Waals surface area contributed by atoms with E-state index < -0.39 is 10.0 Å². The summed E-state index contributed by atoms with van der Waals surface area (Å²) in [6, 6.07) is 14.0. The molecule has 6 nitrogen and oxygen atoms in total. The number of amides is 1. The Morgan fingerprint density at radius 2 is 1.86 bits per heavy atom. The van der Waals surface area contributed by atoms with Crippen LogP contribution in [0.4, 0.5) is 0 Å². The molecule has 1 unspecified atom stereocenters. The van der Waals surface area contributed by atoms with Crippen molar-refractivity contribution >= 4 is 37.5 Å². The number of piperidine rings is 1. The number of aryl methyl sites for hydroxylation is 1. The minimum atomic E-state index is -3.53. The van der Waals surface area contributed by atoms with Crippen molar-refractivity contribution in [2.24, 2.45) is 18.0 Å². The summed E-state index contributed by atoms with van der Waals surface area (Å²) in [7, 11) is -1.66. The maximum absolute atomic E-state index is 12.9. The first-order chi connectivity index (χ1) is 13.9. The van der Waals surface area contributed by atoms with Gasteiger partial charge in [-0.15, -0.1) is 0 Å². The van der Waals surface area contributed by atoms with E-state index in [0.29, 0.717) is 29.4 Å². The highest BCUT2D eigenvalue weighted by atomic mass is 32.2. The number of nitrogens with zero attached hydrogens (tertiary/aromatic N) is 3. The first-order valence-corrected chi connectivity index (χ1v) is 11.9. The molecule has 1 fully saturated rings. The molecule has 1 saturated heterocycles. The second-order valence-electron chi connectivity index (χ2n) is 7.46. The van der Waals surface area contributed by atoms with Gasteiger partial charge < -0.3 is 4.57 Å². The Labute approximate surface area is 174 Å². The largest absolute Gasteiger partial charge is 0.319 e. The van der Waals surface area contributed by atoms with Crippen LogP contribution in [0, 0.1) is 5.92 Å². The average molecular weight is 430 g/mol. The van der Waals surface area contributed by atoms with Crippen LogP contribution in [0.25, 0.3) is 10.2 Å². The van der Waals surface area contributed by atoms with Gasteiger partial charge in [-0.3, -0.25) is 4.79 Å². The van der Waals surface area contributed by atoms with E-state index in [2.05, 4.69) is 11.9 Å². The number of carbonyl (C=O) groups is 1. The van der Waals surface area contributed by atoms with Crippen LogP contribution < -0.4 is 4.80 Å². The number of aromatic nitrogens is 1. The first-order valence-electron chi connectivity index (χ1n) is 9.60. The molecule has 29 heavy (non-hydrogen) atoms. The molecule has 2 heterocycles. The van der Waals surface area contributed by atoms with Gasteiger partial charge in [-0.1, -0.05) is 30.4 Å². The number of para-hydroxylation sites is 1. The van der Waals surface area contributed by atoms with Crippen molar-refractivity contribution in [2.75, 3.05) is 13.1 Å². The van der Waals surface area contributed by atoms with Crippen molar-refractivity contribution in [3.05, 3.63) is 58.9 Å². The smallest absolute Gasteiger partial charge is 0.279 e. The van der Waals surface area contributed by atoms with Gasteiger partial charge in [0, 0.05) is 25.7 Å². The van der Waals surface area contributed by atoms with Gasteiger partial charge in [0.1, 0.15) is 0 Å². The molecule has 4 rings (SSSR count). The van der Waals surface area contributed by atoms with Gasteiger partial charge in [0.15, 0.2) is 4.80 Å². The van der Waals surface area contributed by atoms with Crippen molar-refractivity contribution in [3.63, 3.8) is 0 Å². The summed E-state index contributed by atoms with van der Waals surface area (Å²) in [5.74, 6) is -0.0251. The van der Waals surface area contributed by atoms with Gasteiger partial charge in [0.05, 0.1) is 15.1 Å². The normalized spacial score (nSPS) is 19.0. The lowest BCUT2D eigenvalue weighted by atomic mass is 10.0. The number of rotatable bonds is 3. The van der Waals surface area contributed by atoms with Gasteiger partial charge in [-0.2, -0.15) is 9.30 Å². The topological polar surface area (TPSA) is 71.7 Å². The molecule has 0 spiro atoms. The number of fused-ring (bicyclic) bond motifs is 1. The predicted octanol–water partition coefficient (Wildman–Crippen LogP) is 3.40. The molecule has 1 aromatic heterocycles. The lowest BCUT2D eigenvalue weighted by molar-refractivity contribution is 0.0998. The van der Waals surface area contributed by atoms with Gasteiger partial charge in [0.25, 0.3) is 5.91 Å². The van der Waals surface area contributed by atoms with E-state index in [9.17, 15) is 13.2 Å². The van der Waals surface area contributed by atoms with Crippen LogP contribution in [0.1, 0.15) is 30.1 Å². The summed E-state index contributed by atoms with van der Waals surface area (Å²) in [4.78, 5) is 17.7. The van der Waals surface area contributed by atoms with Crippen molar-refractivity contribution in [1.82, 2.24) is 8.87 Å². The summed E-state index contributed by atoms with van der Waals surface area (Å²) >= 11 is 1.45. The fraction of sp³-hybridized carbons (Fsp3) is 0.333. The average Bonchev–Trinajstić information content (AvgIpc) is 3.04. The van der Waals surface area contributed by atoms with Gasteiger partial charge in [-0.05, 0) is 55.2 Å². The molecule has 3 aromatic rings.